The first kappa shape index (κ1) is 26.0. The van der Waals surface area contributed by atoms with Gasteiger partial charge < -0.3 is 15.1 Å². The lowest BCUT2D eigenvalue weighted by atomic mass is 9.82. The average Bonchev–Trinajstić information content (AvgIpc) is 3.18. The first-order chi connectivity index (χ1) is 17.0. The number of rotatable bonds is 4. The van der Waals surface area contributed by atoms with Crippen LogP contribution < -0.4 is 10.4 Å². The molecule has 0 spiro atoms. The maximum atomic E-state index is 13.5. The van der Waals surface area contributed by atoms with Crippen molar-refractivity contribution in [3.05, 3.63) is 44.9 Å². The molecule has 2 aliphatic rings. The van der Waals surface area contributed by atoms with Crippen molar-refractivity contribution in [2.24, 2.45) is 0 Å². The predicted molar refractivity (Wildman–Crippen MR) is 138 cm³/mol. The minimum atomic E-state index is -0.735. The number of ketones is 2. The zero-order valence-corrected chi connectivity index (χ0v) is 21.9. The average molecular weight is 496 g/mol. The van der Waals surface area contributed by atoms with E-state index in [2.05, 4.69) is 0 Å². The summed E-state index contributed by atoms with van der Waals surface area (Å²) in [5, 5.41) is 22.4. The van der Waals surface area contributed by atoms with Crippen LogP contribution in [0.2, 0.25) is 0 Å². The van der Waals surface area contributed by atoms with Crippen LogP contribution in [0, 0.1) is 0 Å². The molecule has 1 aromatic heterocycles. The van der Waals surface area contributed by atoms with Gasteiger partial charge in [-0.05, 0) is 66.8 Å². The summed E-state index contributed by atoms with van der Waals surface area (Å²) in [6.07, 6.45) is 5.15. The van der Waals surface area contributed by atoms with Crippen LogP contribution in [0.3, 0.4) is 0 Å². The second-order valence-electron chi connectivity index (χ2n) is 10.8. The molecule has 0 unspecified atom stereocenters. The number of carbonyl (C=O) groups is 2. The number of benzene rings is 1. The first-order valence-electron chi connectivity index (χ1n) is 13.1. The van der Waals surface area contributed by atoms with Gasteiger partial charge in [-0.1, -0.05) is 47.0 Å². The maximum absolute atomic E-state index is 13.5. The fourth-order valence-electron chi connectivity index (χ4n) is 5.64. The Bertz CT molecular complexity index is 1230. The maximum Gasteiger partial charge on any atom is 0.297 e. The molecule has 1 fully saturated rings. The number of aromatic hydroxyl groups is 2. The van der Waals surface area contributed by atoms with E-state index in [4.69, 9.17) is 4.84 Å². The molecule has 1 aliphatic heterocycles. The molecule has 2 N–H and O–H groups in total. The van der Waals surface area contributed by atoms with Gasteiger partial charge in [-0.25, -0.2) is 0 Å². The largest absolute Gasteiger partial charge is 0.507 e. The topological polar surface area (TPSA) is 106 Å². The number of pyridine rings is 1. The van der Waals surface area contributed by atoms with Crippen molar-refractivity contribution in [2.75, 3.05) is 0 Å². The Hall–Kier alpha value is -3.09. The minimum Gasteiger partial charge on any atom is -0.507 e. The summed E-state index contributed by atoms with van der Waals surface area (Å²) in [5.41, 5.74) is 1.43. The van der Waals surface area contributed by atoms with Crippen molar-refractivity contribution in [1.29, 1.82) is 0 Å². The van der Waals surface area contributed by atoms with Crippen LogP contribution in [0.15, 0.2) is 16.9 Å². The molecular formula is C29H37NO6. The van der Waals surface area contributed by atoms with E-state index in [9.17, 15) is 24.6 Å². The van der Waals surface area contributed by atoms with Crippen LogP contribution in [0.25, 0.3) is 11.1 Å². The zero-order valence-electron chi connectivity index (χ0n) is 21.9. The number of phenolic OH excluding ortho intramolecular Hbond substituents is 1. The Morgan fingerprint density at radius 3 is 2.11 bits per heavy atom. The van der Waals surface area contributed by atoms with Crippen molar-refractivity contribution in [1.82, 2.24) is 4.73 Å². The number of hydrogen-bond acceptors (Lipinski definition) is 6. The lowest BCUT2D eigenvalue weighted by molar-refractivity contribution is -0.122. The molecule has 0 amide bonds. The summed E-state index contributed by atoms with van der Waals surface area (Å²) >= 11 is 0. The molecule has 0 bridgehead atoms. The van der Waals surface area contributed by atoms with Crippen molar-refractivity contribution in [3.8, 4) is 22.6 Å². The van der Waals surface area contributed by atoms with Gasteiger partial charge >= 0.3 is 0 Å². The van der Waals surface area contributed by atoms with Crippen LogP contribution in [0.5, 0.6) is 11.5 Å². The molecule has 1 aromatic carbocycles. The van der Waals surface area contributed by atoms with E-state index in [0.29, 0.717) is 35.2 Å². The van der Waals surface area contributed by atoms with Gasteiger partial charge in [0.2, 0.25) is 0 Å². The van der Waals surface area contributed by atoms with E-state index in [0.717, 1.165) is 36.8 Å². The number of hydrogen-bond donors (Lipinski definition) is 2. The fraction of sp³-hybridized carbons (Fsp3) is 0.552. The molecule has 1 saturated carbocycles. The Labute approximate surface area is 212 Å². The number of nitrogens with zero attached hydrogens (tertiary/aromatic N) is 1. The van der Waals surface area contributed by atoms with Crippen molar-refractivity contribution in [2.45, 2.75) is 103 Å². The second-order valence-corrected chi connectivity index (χ2v) is 10.8. The van der Waals surface area contributed by atoms with Gasteiger partial charge in [-0.3, -0.25) is 14.4 Å². The van der Waals surface area contributed by atoms with E-state index < -0.39 is 29.1 Å². The third-order valence-electron chi connectivity index (χ3n) is 7.57. The first-order valence-corrected chi connectivity index (χ1v) is 13.1. The molecule has 194 valence electrons. The smallest absolute Gasteiger partial charge is 0.297 e. The molecule has 7 nitrogen and oxygen atoms in total. The van der Waals surface area contributed by atoms with Crippen molar-refractivity contribution in [3.63, 3.8) is 0 Å². The van der Waals surface area contributed by atoms with E-state index in [-0.39, 0.29) is 34.5 Å². The van der Waals surface area contributed by atoms with Crippen molar-refractivity contribution < 1.29 is 24.6 Å². The van der Waals surface area contributed by atoms with Gasteiger partial charge in [0.15, 0.2) is 5.78 Å². The van der Waals surface area contributed by atoms with E-state index >= 15 is 0 Å². The van der Waals surface area contributed by atoms with E-state index in [1.807, 2.05) is 27.7 Å². The lowest BCUT2D eigenvalue weighted by Gasteiger charge is -2.21. The molecule has 4 rings (SSSR count). The number of phenols is 1. The standard InChI is InChI=1S/C29H37NO6/c1-15(2)19-13-18(14-20(16(3)4)27(19)33)24-26-25-21(32)11-9-7-6-8-10-12-22(25)36-30(26)29(35)23(17(5)31)28(24)34/h13-16,22,25,33-34H,6-12H2,1-5H3/t22-,25+/m1/s1. The number of Topliss-reactive ketones (excluding diaryl/α,β-unsaturated/α-hetero) is 2. The molecule has 0 radical (unpaired) electrons. The highest BCUT2D eigenvalue weighted by Gasteiger charge is 2.44. The van der Waals surface area contributed by atoms with Gasteiger partial charge in [0, 0.05) is 12.0 Å². The van der Waals surface area contributed by atoms with Crippen LogP contribution in [0.1, 0.15) is 124 Å². The Balaban J connectivity index is 2.07. The van der Waals surface area contributed by atoms with E-state index in [1.165, 1.54) is 6.92 Å². The van der Waals surface area contributed by atoms with Gasteiger partial charge in [0.1, 0.15) is 34.9 Å². The normalized spacial score (nSPS) is 20.2. The highest BCUT2D eigenvalue weighted by atomic mass is 16.7. The predicted octanol–water partition coefficient (Wildman–Crippen LogP) is 5.58. The molecule has 0 saturated heterocycles. The van der Waals surface area contributed by atoms with Gasteiger partial charge in [-0.15, -0.1) is 4.73 Å². The number of carbonyl (C=O) groups excluding carboxylic acids is 2. The molecule has 36 heavy (non-hydrogen) atoms. The molecule has 2 aromatic rings. The molecular weight excluding hydrogens is 458 g/mol. The van der Waals surface area contributed by atoms with Crippen LogP contribution in [-0.4, -0.2) is 32.6 Å². The molecule has 1 aliphatic carbocycles. The second kappa shape index (κ2) is 10.1. The molecule has 2 atom stereocenters. The fourth-order valence-corrected chi connectivity index (χ4v) is 5.64. The third-order valence-corrected chi connectivity index (χ3v) is 7.57. The quantitative estimate of drug-likeness (QED) is 0.536. The highest BCUT2D eigenvalue weighted by Crippen LogP contribution is 2.46. The van der Waals surface area contributed by atoms with Gasteiger partial charge in [0.05, 0.1) is 5.69 Å². The third kappa shape index (κ3) is 4.44. The summed E-state index contributed by atoms with van der Waals surface area (Å²) in [5.74, 6) is -1.57. The number of fused-ring (bicyclic) bond motifs is 3. The van der Waals surface area contributed by atoms with Gasteiger partial charge in [0.25, 0.3) is 5.56 Å². The Morgan fingerprint density at radius 2 is 1.53 bits per heavy atom. The monoisotopic (exact) mass is 495 g/mol. The van der Waals surface area contributed by atoms with Crippen LogP contribution in [0.4, 0.5) is 0 Å². The van der Waals surface area contributed by atoms with Gasteiger partial charge in [-0.2, -0.15) is 0 Å². The molecule has 7 heteroatoms. The Morgan fingerprint density at radius 1 is 0.944 bits per heavy atom. The summed E-state index contributed by atoms with van der Waals surface area (Å²) in [7, 11) is 0. The lowest BCUT2D eigenvalue weighted by Crippen LogP contribution is -2.32. The van der Waals surface area contributed by atoms with Crippen molar-refractivity contribution >= 4 is 11.6 Å². The van der Waals surface area contributed by atoms with E-state index in [1.54, 1.807) is 12.1 Å². The summed E-state index contributed by atoms with van der Waals surface area (Å²) in [6, 6.07) is 3.57. The summed E-state index contributed by atoms with van der Waals surface area (Å²) in [4.78, 5) is 45.5. The zero-order chi connectivity index (χ0) is 26.3. The summed E-state index contributed by atoms with van der Waals surface area (Å²) < 4.78 is 1.09. The number of aromatic nitrogens is 1. The Kier molecular flexibility index (Phi) is 7.30. The SMILES string of the molecule is CC(=O)c1c(O)c(-c2cc(C(C)C)c(O)c(C(C)C)c2)c2n(c1=O)O[C@@H]1CCCCCCCC(=O)[C@H]21. The van der Waals surface area contributed by atoms with Crippen LogP contribution in [-0.2, 0) is 4.79 Å². The summed E-state index contributed by atoms with van der Waals surface area (Å²) in [6.45, 7) is 9.10. The van der Waals surface area contributed by atoms with Crippen LogP contribution >= 0.6 is 0 Å². The highest BCUT2D eigenvalue weighted by molar-refractivity contribution is 6.00. The molecule has 2 heterocycles. The minimum absolute atomic E-state index is 0.0179.